The van der Waals surface area contributed by atoms with Crippen LogP contribution in [0.3, 0.4) is 0 Å². The number of carboxylic acid groups (broad SMARTS) is 1. The van der Waals surface area contributed by atoms with Crippen molar-refractivity contribution in [3.63, 3.8) is 0 Å². The highest BCUT2D eigenvalue weighted by atomic mass is 32.1. The molecule has 0 aliphatic heterocycles. The van der Waals surface area contributed by atoms with Crippen LogP contribution >= 0.6 is 11.3 Å². The molecule has 0 spiro atoms. The van der Waals surface area contributed by atoms with Gasteiger partial charge in [-0.1, -0.05) is 30.3 Å². The molecule has 8 heteroatoms. The molecular weight excluding hydrogens is 344 g/mol. The van der Waals surface area contributed by atoms with Crippen molar-refractivity contribution in [2.45, 2.75) is 0 Å². The van der Waals surface area contributed by atoms with Crippen LogP contribution in [-0.4, -0.2) is 64.9 Å². The number of aromatic carboxylic acids is 1. The molecule has 2 aromatic rings. The average Bonchev–Trinajstić information content (AvgIpc) is 2.99. The van der Waals surface area contributed by atoms with Gasteiger partial charge in [0.1, 0.15) is 10.6 Å². The monoisotopic (exact) mass is 364 g/mol. The van der Waals surface area contributed by atoms with Crippen molar-refractivity contribution in [2.24, 2.45) is 0 Å². The molecule has 0 aliphatic rings. The van der Waals surface area contributed by atoms with Crippen molar-refractivity contribution in [1.29, 1.82) is 0 Å². The first kappa shape index (κ1) is 19.1. The van der Waals surface area contributed by atoms with Gasteiger partial charge in [0.15, 0.2) is 0 Å². The molecule has 0 unspecified atom stereocenters. The third kappa shape index (κ3) is 5.10. The van der Waals surface area contributed by atoms with Crippen LogP contribution in [-0.2, 0) is 4.79 Å². The van der Waals surface area contributed by atoms with Gasteiger partial charge in [-0.15, -0.1) is 11.3 Å². The van der Waals surface area contributed by atoms with Gasteiger partial charge in [-0.25, -0.2) is 4.79 Å². The van der Waals surface area contributed by atoms with E-state index in [1.54, 1.807) is 10.3 Å². The Balaban J connectivity index is 2.18. The maximum Gasteiger partial charge on any atom is 0.339 e. The van der Waals surface area contributed by atoms with Gasteiger partial charge >= 0.3 is 5.97 Å². The second kappa shape index (κ2) is 9.28. The Bertz CT molecular complexity index is 711. The van der Waals surface area contributed by atoms with Crippen molar-refractivity contribution in [1.82, 2.24) is 4.90 Å². The van der Waals surface area contributed by atoms with Crippen molar-refractivity contribution < 1.29 is 24.9 Å². The summed E-state index contributed by atoms with van der Waals surface area (Å²) < 4.78 is 0. The molecule has 0 fully saturated rings. The molecule has 0 atom stereocenters. The molecule has 0 saturated carbocycles. The van der Waals surface area contributed by atoms with Crippen LogP contribution in [0.1, 0.15) is 10.4 Å². The lowest BCUT2D eigenvalue weighted by atomic mass is 10.0. The van der Waals surface area contributed by atoms with E-state index in [9.17, 15) is 14.7 Å². The maximum atomic E-state index is 12.2. The smallest absolute Gasteiger partial charge is 0.339 e. The zero-order valence-electron chi connectivity index (χ0n) is 13.5. The number of nitrogens with zero attached hydrogens (tertiary/aromatic N) is 1. The summed E-state index contributed by atoms with van der Waals surface area (Å²) in [5, 5.41) is 32.1. The van der Waals surface area contributed by atoms with E-state index in [0.29, 0.717) is 5.56 Å². The van der Waals surface area contributed by atoms with E-state index < -0.39 is 11.9 Å². The Morgan fingerprint density at radius 2 is 1.72 bits per heavy atom. The molecule has 0 bridgehead atoms. The number of carbonyl (C=O) groups is 2. The molecule has 2 rings (SSSR count). The molecule has 0 aliphatic carbocycles. The summed E-state index contributed by atoms with van der Waals surface area (Å²) in [6.07, 6.45) is 0. The fourth-order valence-corrected chi connectivity index (χ4v) is 3.39. The number of aliphatic hydroxyl groups excluding tert-OH is 2. The number of rotatable bonds is 9. The third-order valence-electron chi connectivity index (χ3n) is 3.54. The number of amides is 1. The largest absolute Gasteiger partial charge is 0.478 e. The first-order chi connectivity index (χ1) is 12.1. The van der Waals surface area contributed by atoms with Crippen LogP contribution in [0.15, 0.2) is 35.7 Å². The van der Waals surface area contributed by atoms with E-state index in [2.05, 4.69) is 5.32 Å². The number of aliphatic hydroxyl groups is 2. The number of nitrogens with one attached hydrogen (secondary N) is 1. The molecule has 0 radical (unpaired) electrons. The summed E-state index contributed by atoms with van der Waals surface area (Å²) in [4.78, 5) is 25.4. The van der Waals surface area contributed by atoms with Gasteiger partial charge in [0, 0.05) is 24.0 Å². The van der Waals surface area contributed by atoms with Gasteiger partial charge < -0.3 is 20.6 Å². The van der Waals surface area contributed by atoms with E-state index >= 15 is 0 Å². The van der Waals surface area contributed by atoms with Crippen LogP contribution in [0.2, 0.25) is 0 Å². The van der Waals surface area contributed by atoms with Gasteiger partial charge in [0.2, 0.25) is 5.91 Å². The molecule has 4 N–H and O–H groups in total. The minimum Gasteiger partial charge on any atom is -0.478 e. The lowest BCUT2D eigenvalue weighted by Gasteiger charge is -2.19. The minimum absolute atomic E-state index is 0.0429. The standard InChI is InChI=1S/C17H20N2O5S/c20-8-6-19(7-9-21)10-14(22)18-16-15(17(23)24)13(11-25-16)12-4-2-1-3-5-12/h1-5,11,20-21H,6-10H2,(H,18,22)(H,23,24). The highest BCUT2D eigenvalue weighted by Gasteiger charge is 2.21. The van der Waals surface area contributed by atoms with Crippen LogP contribution in [0.4, 0.5) is 5.00 Å². The number of hydrogen-bond donors (Lipinski definition) is 4. The first-order valence-electron chi connectivity index (χ1n) is 7.71. The van der Waals surface area contributed by atoms with Crippen LogP contribution in [0.25, 0.3) is 11.1 Å². The highest BCUT2D eigenvalue weighted by Crippen LogP contribution is 2.35. The zero-order valence-corrected chi connectivity index (χ0v) is 14.3. The lowest BCUT2D eigenvalue weighted by Crippen LogP contribution is -2.37. The summed E-state index contributed by atoms with van der Waals surface area (Å²) in [5.74, 6) is -1.51. The molecule has 1 aromatic carbocycles. The molecule has 134 valence electrons. The Morgan fingerprint density at radius 3 is 2.28 bits per heavy atom. The Labute approximate surface area is 149 Å². The SMILES string of the molecule is O=C(CN(CCO)CCO)Nc1scc(-c2ccccc2)c1C(=O)O. The predicted molar refractivity (Wildman–Crippen MR) is 96.0 cm³/mol. The van der Waals surface area contributed by atoms with Gasteiger partial charge in [0.05, 0.1) is 19.8 Å². The second-order valence-corrected chi connectivity index (χ2v) is 6.18. The number of thiophene rings is 1. The summed E-state index contributed by atoms with van der Waals surface area (Å²) in [6, 6.07) is 9.10. The van der Waals surface area contributed by atoms with E-state index in [4.69, 9.17) is 10.2 Å². The van der Waals surface area contributed by atoms with Crippen molar-refractivity contribution in [3.8, 4) is 11.1 Å². The van der Waals surface area contributed by atoms with E-state index in [0.717, 1.165) is 16.9 Å². The van der Waals surface area contributed by atoms with E-state index in [1.807, 2.05) is 30.3 Å². The normalized spacial score (nSPS) is 10.8. The van der Waals surface area contributed by atoms with E-state index in [-0.39, 0.29) is 43.4 Å². The zero-order chi connectivity index (χ0) is 18.2. The molecular formula is C17H20N2O5S. The number of hydrogen-bond acceptors (Lipinski definition) is 6. The number of carboxylic acids is 1. The van der Waals surface area contributed by atoms with Gasteiger partial charge in [-0.3, -0.25) is 9.69 Å². The average molecular weight is 364 g/mol. The minimum atomic E-state index is -1.11. The second-order valence-electron chi connectivity index (χ2n) is 5.30. The first-order valence-corrected chi connectivity index (χ1v) is 8.59. The van der Waals surface area contributed by atoms with Gasteiger partial charge in [-0.2, -0.15) is 0 Å². The van der Waals surface area contributed by atoms with Crippen molar-refractivity contribution in [3.05, 3.63) is 41.3 Å². The van der Waals surface area contributed by atoms with Crippen molar-refractivity contribution in [2.75, 3.05) is 38.2 Å². The summed E-state index contributed by atoms with van der Waals surface area (Å²) in [5.41, 5.74) is 1.37. The van der Waals surface area contributed by atoms with Crippen LogP contribution < -0.4 is 5.32 Å². The van der Waals surface area contributed by atoms with Gasteiger partial charge in [-0.05, 0) is 5.56 Å². The summed E-state index contributed by atoms with van der Waals surface area (Å²) in [6.45, 7) is 0.188. The van der Waals surface area contributed by atoms with Crippen LogP contribution in [0, 0.1) is 0 Å². The fourth-order valence-electron chi connectivity index (χ4n) is 2.41. The third-order valence-corrected chi connectivity index (χ3v) is 4.44. The quantitative estimate of drug-likeness (QED) is 0.534. The van der Waals surface area contributed by atoms with E-state index in [1.165, 1.54) is 0 Å². The molecule has 1 heterocycles. The predicted octanol–water partition coefficient (Wildman–Crippen LogP) is 1.34. The number of anilines is 1. The lowest BCUT2D eigenvalue weighted by molar-refractivity contribution is -0.117. The molecule has 0 saturated heterocycles. The topological polar surface area (TPSA) is 110 Å². The van der Waals surface area contributed by atoms with Crippen LogP contribution in [0.5, 0.6) is 0 Å². The fraction of sp³-hybridized carbons (Fsp3) is 0.294. The highest BCUT2D eigenvalue weighted by molar-refractivity contribution is 7.15. The summed E-state index contributed by atoms with van der Waals surface area (Å²) in [7, 11) is 0. The Kier molecular flexibility index (Phi) is 7.08. The molecule has 1 amide bonds. The molecule has 7 nitrogen and oxygen atoms in total. The molecule has 1 aromatic heterocycles. The number of benzene rings is 1. The van der Waals surface area contributed by atoms with Crippen molar-refractivity contribution >= 4 is 28.2 Å². The maximum absolute atomic E-state index is 12.2. The number of carbonyl (C=O) groups excluding carboxylic acids is 1. The van der Waals surface area contributed by atoms with Gasteiger partial charge in [0.25, 0.3) is 0 Å². The Hall–Kier alpha value is -2.26. The Morgan fingerprint density at radius 1 is 1.08 bits per heavy atom. The summed E-state index contributed by atoms with van der Waals surface area (Å²) >= 11 is 1.15. The molecule has 25 heavy (non-hydrogen) atoms.